The van der Waals surface area contributed by atoms with Crippen LogP contribution < -0.4 is 14.5 Å². The fourth-order valence-electron chi connectivity index (χ4n) is 4.79. The Morgan fingerprint density at radius 3 is 2.59 bits per heavy atom. The van der Waals surface area contributed by atoms with E-state index >= 15 is 0 Å². The highest BCUT2D eigenvalue weighted by molar-refractivity contribution is 7.92. The average molecular weight is 607 g/mol. The number of anilines is 3. The number of piperazine rings is 1. The van der Waals surface area contributed by atoms with Gasteiger partial charge in [-0.05, 0) is 57.2 Å². The summed E-state index contributed by atoms with van der Waals surface area (Å²) in [5.74, 6) is 0.785. The molecule has 0 spiro atoms. The van der Waals surface area contributed by atoms with Gasteiger partial charge in [-0.2, -0.15) is 0 Å². The van der Waals surface area contributed by atoms with E-state index in [-0.39, 0.29) is 11.9 Å². The summed E-state index contributed by atoms with van der Waals surface area (Å²) in [6.45, 7) is 10.2. The number of nitrogens with one attached hydrogen (secondary N) is 2. The van der Waals surface area contributed by atoms with Crippen molar-refractivity contribution in [2.24, 2.45) is 0 Å². The number of H-pyrrole nitrogens is 1. The summed E-state index contributed by atoms with van der Waals surface area (Å²) in [4.78, 5) is 27.5. The number of aromatic nitrogens is 2. The molecule has 0 aliphatic carbocycles. The van der Waals surface area contributed by atoms with Gasteiger partial charge < -0.3 is 33.3 Å². The first kappa shape index (κ1) is 31.0. The minimum absolute atomic E-state index is 0.0930. The minimum Gasteiger partial charge on any atom is -0.364 e. The third kappa shape index (κ3) is 8.08. The predicted molar refractivity (Wildman–Crippen MR) is 163 cm³/mol. The van der Waals surface area contributed by atoms with E-state index in [0.29, 0.717) is 57.3 Å². The van der Waals surface area contributed by atoms with Crippen molar-refractivity contribution in [2.75, 3.05) is 73.8 Å². The van der Waals surface area contributed by atoms with Gasteiger partial charge in [-0.15, -0.1) is 0 Å². The van der Waals surface area contributed by atoms with Crippen LogP contribution in [-0.2, 0) is 23.6 Å². The maximum absolute atomic E-state index is 13.3. The number of sulfonamides is 1. The maximum atomic E-state index is 13.3. The molecule has 3 heterocycles. The summed E-state index contributed by atoms with van der Waals surface area (Å²) >= 11 is 0. The van der Waals surface area contributed by atoms with Gasteiger partial charge in [0, 0.05) is 68.7 Å². The lowest BCUT2D eigenvalue weighted by Crippen LogP contribution is -2.49. The van der Waals surface area contributed by atoms with E-state index in [1.165, 1.54) is 0 Å². The molecule has 1 fully saturated rings. The quantitative estimate of drug-likeness (QED) is 0.277. The fourth-order valence-corrected chi connectivity index (χ4v) is 6.07. The number of hydrogen-bond donors (Lipinski definition) is 2. The number of nitrogens with zero attached hydrogens (tertiary/aromatic N) is 4. The van der Waals surface area contributed by atoms with Gasteiger partial charge in [0.25, 0.3) is 5.91 Å². The number of carbonyl (C=O) groups excluding carboxylic acids is 1. The summed E-state index contributed by atoms with van der Waals surface area (Å²) in [6, 6.07) is 11.1. The highest BCUT2D eigenvalue weighted by Crippen LogP contribution is 2.38. The number of amides is 1. The standard InChI is InChI=1S/C27H39N6O6PS/c1-6-38-40(37-4)39-17-16-33(20(2)3)25-8-7-11-28-26(25)31-12-14-32(15-13-31)27(34)24-19-21-18-22(30-41(5,35)36)9-10-23(21)29-24/h7-11,18-20,29-30H,6,12-17H2,1-5H3. The van der Waals surface area contributed by atoms with Crippen molar-refractivity contribution in [2.45, 2.75) is 26.8 Å². The monoisotopic (exact) mass is 606 g/mol. The van der Waals surface area contributed by atoms with Crippen molar-refractivity contribution < 1.29 is 26.8 Å². The normalized spacial score (nSPS) is 15.0. The van der Waals surface area contributed by atoms with Crippen LogP contribution in [0.5, 0.6) is 0 Å². The molecule has 1 amide bonds. The summed E-state index contributed by atoms with van der Waals surface area (Å²) in [5.41, 5.74) is 2.70. The molecule has 41 heavy (non-hydrogen) atoms. The molecule has 224 valence electrons. The summed E-state index contributed by atoms with van der Waals surface area (Å²) in [7, 11) is -3.17. The number of pyridine rings is 1. The molecule has 1 atom stereocenters. The molecule has 0 saturated carbocycles. The van der Waals surface area contributed by atoms with Crippen LogP contribution in [0.25, 0.3) is 10.9 Å². The summed E-state index contributed by atoms with van der Waals surface area (Å²) < 4.78 is 42.2. The molecule has 1 unspecified atom stereocenters. The van der Waals surface area contributed by atoms with E-state index < -0.39 is 18.6 Å². The van der Waals surface area contributed by atoms with Crippen LogP contribution in [0.15, 0.2) is 42.6 Å². The van der Waals surface area contributed by atoms with Crippen LogP contribution >= 0.6 is 8.60 Å². The highest BCUT2D eigenvalue weighted by Gasteiger charge is 2.27. The van der Waals surface area contributed by atoms with Crippen molar-refractivity contribution in [1.29, 1.82) is 0 Å². The third-order valence-electron chi connectivity index (χ3n) is 6.63. The van der Waals surface area contributed by atoms with Crippen molar-refractivity contribution >= 4 is 52.6 Å². The van der Waals surface area contributed by atoms with Gasteiger partial charge in [-0.25, -0.2) is 13.4 Å². The molecule has 1 aliphatic heterocycles. The molecule has 1 saturated heterocycles. The van der Waals surface area contributed by atoms with E-state index in [1.54, 1.807) is 37.6 Å². The molecule has 4 rings (SSSR count). The molecule has 14 heteroatoms. The Kier molecular flexibility index (Phi) is 10.4. The Morgan fingerprint density at radius 1 is 1.17 bits per heavy atom. The lowest BCUT2D eigenvalue weighted by Gasteiger charge is -2.38. The lowest BCUT2D eigenvalue weighted by atomic mass is 10.2. The second-order valence-electron chi connectivity index (χ2n) is 9.93. The molecule has 2 N–H and O–H groups in total. The van der Waals surface area contributed by atoms with E-state index in [2.05, 4.69) is 39.4 Å². The van der Waals surface area contributed by atoms with E-state index in [0.717, 1.165) is 28.7 Å². The number of aromatic amines is 1. The second kappa shape index (κ2) is 13.8. The number of rotatable bonds is 13. The Labute approximate surface area is 243 Å². The van der Waals surface area contributed by atoms with E-state index in [9.17, 15) is 13.2 Å². The first-order valence-corrected chi connectivity index (χ1v) is 16.5. The van der Waals surface area contributed by atoms with Crippen molar-refractivity contribution in [3.63, 3.8) is 0 Å². The molecule has 1 aromatic carbocycles. The Morgan fingerprint density at radius 2 is 1.93 bits per heavy atom. The van der Waals surface area contributed by atoms with Gasteiger partial charge in [0.05, 0.1) is 25.2 Å². The van der Waals surface area contributed by atoms with Crippen LogP contribution in [0.2, 0.25) is 0 Å². The molecule has 2 aromatic heterocycles. The Bertz CT molecular complexity index is 1430. The topological polar surface area (TPSA) is 129 Å². The first-order chi connectivity index (χ1) is 19.6. The molecule has 3 aromatic rings. The Hall–Kier alpha value is -2.96. The van der Waals surface area contributed by atoms with Crippen molar-refractivity contribution in [1.82, 2.24) is 14.9 Å². The van der Waals surface area contributed by atoms with Crippen LogP contribution in [0.3, 0.4) is 0 Å². The molecular formula is C27H39N6O6PS. The number of fused-ring (bicyclic) bond motifs is 1. The maximum Gasteiger partial charge on any atom is 0.332 e. The smallest absolute Gasteiger partial charge is 0.332 e. The SMILES string of the molecule is CCOP(OC)OCCN(c1cccnc1N1CCN(C(=O)c2cc3cc(NS(C)(=O)=O)ccc3[nH]2)CC1)C(C)C. The molecule has 12 nitrogen and oxygen atoms in total. The predicted octanol–water partition coefficient (Wildman–Crippen LogP) is 4.04. The first-order valence-electron chi connectivity index (χ1n) is 13.6. The highest BCUT2D eigenvalue weighted by atomic mass is 32.2. The van der Waals surface area contributed by atoms with Crippen LogP contribution in [-0.4, -0.2) is 94.5 Å². The van der Waals surface area contributed by atoms with Gasteiger partial charge >= 0.3 is 8.60 Å². The minimum atomic E-state index is -3.39. The number of hydrogen-bond acceptors (Lipinski definition) is 9. The van der Waals surface area contributed by atoms with Crippen LogP contribution in [0.4, 0.5) is 17.2 Å². The van der Waals surface area contributed by atoms with Gasteiger partial charge in [-0.3, -0.25) is 9.52 Å². The van der Waals surface area contributed by atoms with E-state index in [1.807, 2.05) is 17.9 Å². The van der Waals surface area contributed by atoms with Gasteiger partial charge in [0.2, 0.25) is 10.0 Å². The van der Waals surface area contributed by atoms with Crippen LogP contribution in [0.1, 0.15) is 31.3 Å². The number of benzene rings is 1. The van der Waals surface area contributed by atoms with Gasteiger partial charge in [-0.1, -0.05) is 0 Å². The van der Waals surface area contributed by atoms with Crippen molar-refractivity contribution in [3.8, 4) is 0 Å². The Balaban J connectivity index is 1.41. The molecular weight excluding hydrogens is 567 g/mol. The summed E-state index contributed by atoms with van der Waals surface area (Å²) in [6.07, 6.45) is 2.90. The zero-order chi connectivity index (χ0) is 29.6. The van der Waals surface area contributed by atoms with Crippen LogP contribution in [0, 0.1) is 0 Å². The zero-order valence-corrected chi connectivity index (χ0v) is 25.9. The molecule has 0 bridgehead atoms. The fraction of sp³-hybridized carbons (Fsp3) is 0.481. The van der Waals surface area contributed by atoms with E-state index in [4.69, 9.17) is 18.6 Å². The zero-order valence-electron chi connectivity index (χ0n) is 24.2. The molecule has 0 radical (unpaired) electrons. The molecule has 1 aliphatic rings. The average Bonchev–Trinajstić information content (AvgIpc) is 3.37. The van der Waals surface area contributed by atoms with Gasteiger partial charge in [0.15, 0.2) is 5.82 Å². The van der Waals surface area contributed by atoms with Crippen molar-refractivity contribution in [3.05, 3.63) is 48.3 Å². The largest absolute Gasteiger partial charge is 0.364 e. The second-order valence-corrected chi connectivity index (χ2v) is 13.0. The van der Waals surface area contributed by atoms with Gasteiger partial charge in [0.1, 0.15) is 5.69 Å². The number of carbonyl (C=O) groups is 1. The lowest BCUT2D eigenvalue weighted by molar-refractivity contribution is 0.0741. The third-order valence-corrected chi connectivity index (χ3v) is 8.40. The summed E-state index contributed by atoms with van der Waals surface area (Å²) in [5, 5.41) is 0.760.